The smallest absolute Gasteiger partial charge is 1.00 e. The van der Waals surface area contributed by atoms with Gasteiger partial charge in [-0.05, 0) is 54.4 Å². The molecule has 0 saturated carbocycles. The van der Waals surface area contributed by atoms with Gasteiger partial charge in [-0.3, -0.25) is 0 Å². The van der Waals surface area contributed by atoms with E-state index < -0.39 is 17.6 Å². The monoisotopic (exact) mass is 836 g/mol. The van der Waals surface area contributed by atoms with E-state index in [0.29, 0.717) is 39.6 Å². The third-order valence-corrected chi connectivity index (χ3v) is 11.8. The number of aromatic nitrogens is 4. The first kappa shape index (κ1) is 45.7. The minimum Gasteiger partial charge on any atom is -1.00 e. The maximum Gasteiger partial charge on any atom is 2.00 e. The van der Waals surface area contributed by atoms with E-state index in [0.717, 1.165) is 38.0 Å². The van der Waals surface area contributed by atoms with Crippen LogP contribution in [0.5, 0.6) is 0 Å². The molecule has 0 aliphatic rings. The Morgan fingerprint density at radius 1 is 0.561 bits per heavy atom. The van der Waals surface area contributed by atoms with Gasteiger partial charge < -0.3 is 60.5 Å². The molecule has 15 heteroatoms. The molecule has 2 radical (unpaired) electrons. The molecular formula is C26H52Br2N4O6PdSi2+2. The van der Waals surface area contributed by atoms with Crippen LogP contribution in [0.2, 0.25) is 12.1 Å². The fourth-order valence-electron chi connectivity index (χ4n) is 4.08. The number of hydrogen-bond donors (Lipinski definition) is 0. The summed E-state index contributed by atoms with van der Waals surface area (Å²) in [6, 6.07) is 1.69. The summed E-state index contributed by atoms with van der Waals surface area (Å²) in [5, 5.41) is 0. The maximum absolute atomic E-state index is 5.82. The SMILES string of the molecule is CCO[Si](CCCn1[c][n+](C)cc1)(OCC)OCC.CCO[Si](CCCn1[c][n+](C)cc1)(OCC)OCC.[Br-].[Br-].[Pd+2]. The van der Waals surface area contributed by atoms with Gasteiger partial charge in [-0.2, -0.15) is 0 Å². The van der Waals surface area contributed by atoms with Gasteiger partial charge in [0.25, 0.3) is 0 Å². The minimum atomic E-state index is -2.48. The van der Waals surface area contributed by atoms with Crippen LogP contribution in [0, 0.1) is 12.7 Å². The van der Waals surface area contributed by atoms with E-state index in [9.17, 15) is 0 Å². The summed E-state index contributed by atoms with van der Waals surface area (Å²) in [7, 11) is -1.02. The zero-order valence-corrected chi connectivity index (χ0v) is 32.8. The van der Waals surface area contributed by atoms with E-state index in [1.807, 2.05) is 98.7 Å². The molecule has 2 rings (SSSR count). The van der Waals surface area contributed by atoms with Crippen LogP contribution in [0.4, 0.5) is 0 Å². The van der Waals surface area contributed by atoms with Crippen LogP contribution in [0.15, 0.2) is 24.8 Å². The van der Waals surface area contributed by atoms with Crippen molar-refractivity contribution in [2.45, 2.75) is 79.6 Å². The Balaban J connectivity index is -0.000000656. The molecule has 0 unspecified atom stereocenters. The second-order valence-corrected chi connectivity index (χ2v) is 14.0. The number of imidazole rings is 2. The molecule has 0 fully saturated rings. The molecule has 10 nitrogen and oxygen atoms in total. The second kappa shape index (κ2) is 26.6. The Morgan fingerprint density at radius 3 is 1.02 bits per heavy atom. The zero-order valence-electron chi connectivity index (χ0n) is 26.1. The van der Waals surface area contributed by atoms with Crippen LogP contribution >= 0.6 is 0 Å². The number of halogens is 2. The Bertz CT molecular complexity index is 767. The number of hydrogen-bond acceptors (Lipinski definition) is 6. The van der Waals surface area contributed by atoms with Gasteiger partial charge in [0.1, 0.15) is 24.8 Å². The predicted molar refractivity (Wildman–Crippen MR) is 149 cm³/mol. The predicted octanol–water partition coefficient (Wildman–Crippen LogP) is -2.89. The van der Waals surface area contributed by atoms with Gasteiger partial charge in [-0.25, -0.2) is 18.3 Å². The molecule has 242 valence electrons. The van der Waals surface area contributed by atoms with E-state index in [1.165, 1.54) is 0 Å². The molecule has 0 spiro atoms. The topological polar surface area (TPSA) is 73.0 Å². The number of aryl methyl sites for hydroxylation is 4. The standard InChI is InChI=1S/2C13H26N2O3Si.2BrH.Pd/c2*1-5-16-19(17-6-2,18-7-3)12-8-9-15-11-10-14(4)13-15;;;/h2*10-11H,5-9,12H2,1-4H3;2*1H;/q2*+1;;;+2/p-2. The van der Waals surface area contributed by atoms with Crippen molar-refractivity contribution in [1.82, 2.24) is 9.13 Å². The Kier molecular flexibility index (Phi) is 29.6. The van der Waals surface area contributed by atoms with E-state index in [4.69, 9.17) is 26.6 Å². The average molecular weight is 839 g/mol. The summed E-state index contributed by atoms with van der Waals surface area (Å²) in [4.78, 5) is 0. The van der Waals surface area contributed by atoms with Crippen LogP contribution in [0.25, 0.3) is 0 Å². The molecule has 0 amide bonds. The van der Waals surface area contributed by atoms with E-state index in [-0.39, 0.29) is 54.4 Å². The molecule has 0 aromatic carbocycles. The van der Waals surface area contributed by atoms with Crippen LogP contribution in [0.1, 0.15) is 54.4 Å². The summed E-state index contributed by atoms with van der Waals surface area (Å²) in [5.74, 6) is 0. The molecule has 0 atom stereocenters. The van der Waals surface area contributed by atoms with Crippen molar-refractivity contribution < 1.29 is 90.1 Å². The maximum atomic E-state index is 5.82. The molecule has 41 heavy (non-hydrogen) atoms. The fourth-order valence-corrected chi connectivity index (χ4v) is 9.27. The van der Waals surface area contributed by atoms with Gasteiger partial charge in [0, 0.05) is 51.7 Å². The van der Waals surface area contributed by atoms with Crippen molar-refractivity contribution in [2.75, 3.05) is 39.6 Å². The molecule has 0 N–H and O–H groups in total. The molecule has 0 aliphatic carbocycles. The first-order valence-electron chi connectivity index (χ1n) is 14.0. The van der Waals surface area contributed by atoms with Crippen LogP contribution in [0.3, 0.4) is 0 Å². The normalized spacial score (nSPS) is 11.1. The summed E-state index contributed by atoms with van der Waals surface area (Å²) in [5.41, 5.74) is 0. The van der Waals surface area contributed by atoms with Crippen LogP contribution in [-0.2, 0) is 74.2 Å². The van der Waals surface area contributed by atoms with Crippen molar-refractivity contribution in [3.8, 4) is 0 Å². The van der Waals surface area contributed by atoms with E-state index in [1.54, 1.807) is 0 Å². The van der Waals surface area contributed by atoms with Crippen LogP contribution < -0.4 is 43.1 Å². The molecular weight excluding hydrogens is 787 g/mol. The molecule has 0 aliphatic heterocycles. The van der Waals surface area contributed by atoms with E-state index >= 15 is 0 Å². The van der Waals surface area contributed by atoms with Gasteiger partial charge in [0.05, 0.1) is 27.2 Å². The first-order valence-corrected chi connectivity index (χ1v) is 17.9. The fraction of sp³-hybridized carbons (Fsp3) is 0.769. The Morgan fingerprint density at radius 2 is 0.829 bits per heavy atom. The van der Waals surface area contributed by atoms with Crippen molar-refractivity contribution in [2.24, 2.45) is 14.1 Å². The Labute approximate surface area is 285 Å². The van der Waals surface area contributed by atoms with Crippen molar-refractivity contribution >= 4 is 17.6 Å². The van der Waals surface area contributed by atoms with Gasteiger partial charge in [-0.15, -0.1) is 0 Å². The average Bonchev–Trinajstić information content (AvgIpc) is 3.48. The Hall–Kier alpha value is 0.236. The van der Waals surface area contributed by atoms with Crippen LogP contribution in [-0.4, -0.2) is 66.4 Å². The number of rotatable bonds is 20. The molecule has 0 saturated heterocycles. The van der Waals surface area contributed by atoms with Gasteiger partial charge in [0.2, 0.25) is 0 Å². The second-order valence-electron chi connectivity index (χ2n) is 8.58. The largest absolute Gasteiger partial charge is 2.00 e. The molecule has 2 aromatic heterocycles. The van der Waals surface area contributed by atoms with Gasteiger partial charge in [-0.1, -0.05) is 0 Å². The molecule has 0 bridgehead atoms. The summed E-state index contributed by atoms with van der Waals surface area (Å²) >= 11 is 0. The number of nitrogens with zero attached hydrogens (tertiary/aromatic N) is 4. The van der Waals surface area contributed by atoms with E-state index in [2.05, 4.69) is 12.7 Å². The third kappa shape index (κ3) is 18.6. The van der Waals surface area contributed by atoms with Crippen molar-refractivity contribution in [3.05, 3.63) is 37.4 Å². The van der Waals surface area contributed by atoms with Gasteiger partial charge in [0.15, 0.2) is 0 Å². The molecule has 2 heterocycles. The summed E-state index contributed by atoms with van der Waals surface area (Å²) < 4.78 is 42.9. The quantitative estimate of drug-likeness (QED) is 0.106. The minimum absolute atomic E-state index is 0. The third-order valence-electron chi connectivity index (χ3n) is 5.46. The van der Waals surface area contributed by atoms with Crippen molar-refractivity contribution in [3.63, 3.8) is 0 Å². The van der Waals surface area contributed by atoms with Crippen molar-refractivity contribution in [1.29, 1.82) is 0 Å². The van der Waals surface area contributed by atoms with Gasteiger partial charge >= 0.3 is 50.7 Å². The molecule has 2 aromatic rings. The zero-order chi connectivity index (χ0) is 28.3. The summed E-state index contributed by atoms with van der Waals surface area (Å²) in [6.07, 6.45) is 16.3. The summed E-state index contributed by atoms with van der Waals surface area (Å²) in [6.45, 7) is 17.5. The first-order chi connectivity index (χ1) is 18.3.